The third-order valence-electron chi connectivity index (χ3n) is 4.84. The third kappa shape index (κ3) is 17.5. The fraction of sp³-hybridized carbons (Fsp3) is 0.400. The largest absolute Gasteiger partial charge is 0.370 e. The lowest BCUT2D eigenvalue weighted by atomic mass is 10.0. The molecule has 0 aliphatic rings. The van der Waals surface area contributed by atoms with Crippen molar-refractivity contribution >= 4 is 29.7 Å². The van der Waals surface area contributed by atoms with Gasteiger partial charge >= 0.3 is 0 Å². The molecule has 0 fully saturated rings. The standard InChI is InChI=1S/C13H17NO.C8H11N3.C7H13NO2.C2H6/c1-4-12(10(2)3)14-13(15)11-8-6-5-7-9-11;1-6-3-2-4-7(5-6)11-8(9)10;1-3-6(5-9)8-7(10)4-2;1-2/h4-10,12H,1H2,2-3H3,(H,14,15);2-5H,1H3,(H4,9,10,11);5-6H,3-4H2,1-2H3,(H,8,10);1-2H3. The molecule has 0 spiro atoms. The Labute approximate surface area is 229 Å². The number of nitrogens with one attached hydrogen (secondary N) is 2. The van der Waals surface area contributed by atoms with Crippen LogP contribution in [-0.2, 0) is 9.59 Å². The van der Waals surface area contributed by atoms with Crippen molar-refractivity contribution < 1.29 is 14.4 Å². The van der Waals surface area contributed by atoms with Gasteiger partial charge in [0.15, 0.2) is 5.96 Å². The van der Waals surface area contributed by atoms with Crippen molar-refractivity contribution in [3.8, 4) is 0 Å². The first-order valence-electron chi connectivity index (χ1n) is 13.0. The number of aldehydes is 1. The average Bonchev–Trinajstić information content (AvgIpc) is 2.91. The van der Waals surface area contributed by atoms with E-state index in [1.165, 1.54) is 0 Å². The third-order valence-corrected chi connectivity index (χ3v) is 4.84. The Morgan fingerprint density at radius 3 is 2.03 bits per heavy atom. The summed E-state index contributed by atoms with van der Waals surface area (Å²) in [6, 6.07) is 16.6. The van der Waals surface area contributed by atoms with Crippen LogP contribution in [0.1, 0.15) is 70.3 Å². The van der Waals surface area contributed by atoms with Gasteiger partial charge in [0.25, 0.3) is 5.91 Å². The molecule has 0 aliphatic carbocycles. The number of rotatable bonds is 9. The Morgan fingerprint density at radius 1 is 1.00 bits per heavy atom. The first-order valence-corrected chi connectivity index (χ1v) is 13.0. The fourth-order valence-corrected chi connectivity index (χ4v) is 2.71. The van der Waals surface area contributed by atoms with E-state index in [-0.39, 0.29) is 29.9 Å². The molecule has 2 aromatic carbocycles. The number of carbonyl (C=O) groups excluding carboxylic acids is 3. The summed E-state index contributed by atoms with van der Waals surface area (Å²) < 4.78 is 0. The topological polar surface area (TPSA) is 140 Å². The van der Waals surface area contributed by atoms with Gasteiger partial charge in [-0.2, -0.15) is 0 Å². The molecule has 6 N–H and O–H groups in total. The molecule has 2 amide bonds. The fourth-order valence-electron chi connectivity index (χ4n) is 2.71. The normalized spacial score (nSPS) is 10.8. The van der Waals surface area contributed by atoms with Crippen LogP contribution in [0.3, 0.4) is 0 Å². The zero-order valence-corrected chi connectivity index (χ0v) is 24.0. The lowest BCUT2D eigenvalue weighted by molar-refractivity contribution is -0.123. The maximum Gasteiger partial charge on any atom is 0.251 e. The van der Waals surface area contributed by atoms with E-state index in [9.17, 15) is 14.4 Å². The number of amides is 2. The molecule has 0 saturated heterocycles. The van der Waals surface area contributed by atoms with Crippen molar-refractivity contribution in [2.45, 2.75) is 73.4 Å². The summed E-state index contributed by atoms with van der Waals surface area (Å²) in [5.41, 5.74) is 13.0. The summed E-state index contributed by atoms with van der Waals surface area (Å²) in [5.74, 6) is 0.332. The Morgan fingerprint density at radius 2 is 1.61 bits per heavy atom. The second-order valence-corrected chi connectivity index (χ2v) is 8.29. The SMILES string of the molecule is C=CC(NC(=O)c1ccccc1)C(C)C.CC.CCC(=O)NC(C=O)CC.Cc1cccc(N=C(N)N)c1. The second kappa shape index (κ2) is 22.3. The van der Waals surface area contributed by atoms with Crippen LogP contribution in [0.4, 0.5) is 5.69 Å². The highest BCUT2D eigenvalue weighted by atomic mass is 16.2. The molecular formula is C30H47N5O3. The summed E-state index contributed by atoms with van der Waals surface area (Å²) in [5, 5.41) is 5.48. The predicted octanol–water partition coefficient (Wildman–Crippen LogP) is 5.04. The highest BCUT2D eigenvalue weighted by Gasteiger charge is 2.13. The van der Waals surface area contributed by atoms with E-state index in [1.54, 1.807) is 25.1 Å². The summed E-state index contributed by atoms with van der Waals surface area (Å²) >= 11 is 0. The zero-order valence-electron chi connectivity index (χ0n) is 24.0. The summed E-state index contributed by atoms with van der Waals surface area (Å²) in [4.78, 5) is 36.5. The molecule has 8 heteroatoms. The van der Waals surface area contributed by atoms with Crippen LogP contribution in [0.2, 0.25) is 0 Å². The molecule has 0 bridgehead atoms. The molecule has 2 atom stereocenters. The van der Waals surface area contributed by atoms with Crippen LogP contribution in [0.5, 0.6) is 0 Å². The zero-order chi connectivity index (χ0) is 29.5. The van der Waals surface area contributed by atoms with Gasteiger partial charge in [-0.15, -0.1) is 6.58 Å². The molecule has 2 unspecified atom stereocenters. The highest BCUT2D eigenvalue weighted by molar-refractivity contribution is 5.94. The van der Waals surface area contributed by atoms with Gasteiger partial charge < -0.3 is 26.9 Å². The van der Waals surface area contributed by atoms with Crippen molar-refractivity contribution in [3.63, 3.8) is 0 Å². The maximum absolute atomic E-state index is 11.8. The van der Waals surface area contributed by atoms with Gasteiger partial charge in [0.2, 0.25) is 5.91 Å². The van der Waals surface area contributed by atoms with Gasteiger partial charge in [0, 0.05) is 18.0 Å². The number of benzene rings is 2. The van der Waals surface area contributed by atoms with Gasteiger partial charge in [0.05, 0.1) is 11.7 Å². The van der Waals surface area contributed by atoms with E-state index in [0.29, 0.717) is 24.3 Å². The molecule has 38 heavy (non-hydrogen) atoms. The summed E-state index contributed by atoms with van der Waals surface area (Å²) in [6.07, 6.45) is 3.62. The lowest BCUT2D eigenvalue weighted by Gasteiger charge is -2.18. The van der Waals surface area contributed by atoms with E-state index in [4.69, 9.17) is 11.5 Å². The Hall–Kier alpha value is -3.94. The molecular weight excluding hydrogens is 478 g/mol. The van der Waals surface area contributed by atoms with E-state index >= 15 is 0 Å². The van der Waals surface area contributed by atoms with Crippen molar-refractivity contribution in [2.24, 2.45) is 22.4 Å². The van der Waals surface area contributed by atoms with E-state index < -0.39 is 0 Å². The van der Waals surface area contributed by atoms with Crippen molar-refractivity contribution in [1.29, 1.82) is 0 Å². The predicted molar refractivity (Wildman–Crippen MR) is 159 cm³/mol. The monoisotopic (exact) mass is 525 g/mol. The van der Waals surface area contributed by atoms with Gasteiger partial charge in [-0.3, -0.25) is 9.59 Å². The number of carbonyl (C=O) groups is 3. The van der Waals surface area contributed by atoms with Crippen LogP contribution in [-0.4, -0.2) is 36.1 Å². The van der Waals surface area contributed by atoms with Crippen LogP contribution in [0.25, 0.3) is 0 Å². The quantitative estimate of drug-likeness (QED) is 0.157. The Balaban J connectivity index is 0. The first kappa shape index (κ1) is 36.2. The molecule has 8 nitrogen and oxygen atoms in total. The number of nitrogens with zero attached hydrogens (tertiary/aromatic N) is 1. The minimum absolute atomic E-state index is 0.0257. The Kier molecular flexibility index (Phi) is 21.2. The Bertz CT molecular complexity index is 971. The second-order valence-electron chi connectivity index (χ2n) is 8.29. The number of nitrogens with two attached hydrogens (primary N) is 2. The van der Waals surface area contributed by atoms with Gasteiger partial charge in [-0.05, 0) is 49.1 Å². The number of aliphatic imine (C=N–C) groups is 1. The van der Waals surface area contributed by atoms with Crippen LogP contribution in [0, 0.1) is 12.8 Å². The van der Waals surface area contributed by atoms with Gasteiger partial charge in [0.1, 0.15) is 6.29 Å². The lowest BCUT2D eigenvalue weighted by Crippen LogP contribution is -2.36. The molecule has 2 aromatic rings. The minimum atomic E-state index is -0.299. The average molecular weight is 526 g/mol. The molecule has 0 saturated carbocycles. The van der Waals surface area contributed by atoms with Crippen molar-refractivity contribution in [3.05, 3.63) is 78.4 Å². The summed E-state index contributed by atoms with van der Waals surface area (Å²) in [6.45, 7) is 17.4. The first-order chi connectivity index (χ1) is 18.1. The molecule has 0 radical (unpaired) electrons. The molecule has 210 valence electrons. The molecule has 0 aliphatic heterocycles. The van der Waals surface area contributed by atoms with E-state index in [1.807, 2.05) is 70.2 Å². The van der Waals surface area contributed by atoms with Crippen molar-refractivity contribution in [1.82, 2.24) is 10.6 Å². The summed E-state index contributed by atoms with van der Waals surface area (Å²) in [7, 11) is 0. The smallest absolute Gasteiger partial charge is 0.251 e. The molecule has 0 heterocycles. The van der Waals surface area contributed by atoms with Gasteiger partial charge in [-0.25, -0.2) is 4.99 Å². The molecule has 0 aromatic heterocycles. The minimum Gasteiger partial charge on any atom is -0.370 e. The number of aryl methyl sites for hydroxylation is 1. The number of hydrogen-bond donors (Lipinski definition) is 4. The maximum atomic E-state index is 11.8. The molecule has 2 rings (SSSR count). The number of guanidine groups is 1. The van der Waals surface area contributed by atoms with Crippen LogP contribution < -0.4 is 22.1 Å². The highest BCUT2D eigenvalue weighted by Crippen LogP contribution is 2.12. The van der Waals surface area contributed by atoms with Crippen LogP contribution in [0.15, 0.2) is 72.2 Å². The van der Waals surface area contributed by atoms with Gasteiger partial charge in [-0.1, -0.05) is 78.0 Å². The van der Waals surface area contributed by atoms with Crippen molar-refractivity contribution in [2.75, 3.05) is 0 Å². The van der Waals surface area contributed by atoms with Crippen LogP contribution >= 0.6 is 0 Å². The number of hydrogen-bond acceptors (Lipinski definition) is 4. The van der Waals surface area contributed by atoms with E-state index in [2.05, 4.69) is 36.1 Å². The van der Waals surface area contributed by atoms with E-state index in [0.717, 1.165) is 17.5 Å².